The molecule has 3 aromatic rings. The van der Waals surface area contributed by atoms with E-state index in [-0.39, 0.29) is 26.7 Å². The summed E-state index contributed by atoms with van der Waals surface area (Å²) in [6, 6.07) is 18.1. The van der Waals surface area contributed by atoms with Gasteiger partial charge in [0.05, 0.1) is 15.6 Å². The van der Waals surface area contributed by atoms with Crippen LogP contribution < -0.4 is 15.8 Å². The van der Waals surface area contributed by atoms with Crippen molar-refractivity contribution in [2.24, 2.45) is 5.73 Å². The monoisotopic (exact) mass is 429 g/mol. The van der Waals surface area contributed by atoms with Crippen LogP contribution in [0.1, 0.15) is 20.7 Å². The lowest BCUT2D eigenvalue weighted by molar-refractivity contribution is 0.0996. The van der Waals surface area contributed by atoms with Crippen molar-refractivity contribution < 1.29 is 18.0 Å². The lowest BCUT2D eigenvalue weighted by Crippen LogP contribution is -2.16. The number of sulfonamides is 1. The molecule has 4 N–H and O–H groups in total. The highest BCUT2D eigenvalue weighted by Crippen LogP contribution is 2.24. The highest BCUT2D eigenvalue weighted by Gasteiger charge is 2.18. The van der Waals surface area contributed by atoms with Crippen LogP contribution in [-0.2, 0) is 10.0 Å². The topological polar surface area (TPSA) is 118 Å². The number of hydrogen-bond acceptors (Lipinski definition) is 4. The number of benzene rings is 3. The van der Waals surface area contributed by atoms with E-state index in [1.165, 1.54) is 42.5 Å². The van der Waals surface area contributed by atoms with E-state index in [0.717, 1.165) is 0 Å². The first-order valence-corrected chi connectivity index (χ1v) is 10.2. The molecule has 0 bridgehead atoms. The first-order valence-electron chi connectivity index (χ1n) is 8.35. The molecule has 0 unspecified atom stereocenters. The summed E-state index contributed by atoms with van der Waals surface area (Å²) in [5, 5.41) is 2.86. The number of carbonyl (C=O) groups excluding carboxylic acids is 2. The second-order valence-corrected chi connectivity index (χ2v) is 8.10. The van der Waals surface area contributed by atoms with Crippen molar-refractivity contribution in [3.05, 3.63) is 88.9 Å². The fourth-order valence-electron chi connectivity index (χ4n) is 2.51. The molecule has 0 aliphatic carbocycles. The Kier molecular flexibility index (Phi) is 5.86. The van der Waals surface area contributed by atoms with E-state index in [9.17, 15) is 18.0 Å². The van der Waals surface area contributed by atoms with Crippen molar-refractivity contribution in [3.63, 3.8) is 0 Å². The van der Waals surface area contributed by atoms with Gasteiger partial charge in [-0.3, -0.25) is 14.3 Å². The number of carbonyl (C=O) groups is 2. The third kappa shape index (κ3) is 4.92. The third-order valence-corrected chi connectivity index (χ3v) is 5.62. The Morgan fingerprint density at radius 1 is 0.862 bits per heavy atom. The second kappa shape index (κ2) is 8.34. The molecule has 0 saturated carbocycles. The fraction of sp³-hybridized carbons (Fsp3) is 0. The number of rotatable bonds is 6. The number of nitrogens with two attached hydrogens (primary N) is 1. The van der Waals surface area contributed by atoms with E-state index in [1.54, 1.807) is 30.3 Å². The molecule has 7 nitrogen and oxygen atoms in total. The third-order valence-electron chi connectivity index (χ3n) is 3.93. The van der Waals surface area contributed by atoms with Crippen LogP contribution >= 0.6 is 11.6 Å². The molecule has 148 valence electrons. The molecule has 0 saturated heterocycles. The van der Waals surface area contributed by atoms with Gasteiger partial charge in [-0.15, -0.1) is 0 Å². The Balaban J connectivity index is 1.83. The molecule has 3 aromatic carbocycles. The van der Waals surface area contributed by atoms with Crippen molar-refractivity contribution in [1.82, 2.24) is 0 Å². The molecule has 0 fully saturated rings. The molecular formula is C20H16ClN3O4S. The normalized spacial score (nSPS) is 10.9. The van der Waals surface area contributed by atoms with Crippen LogP contribution in [0.15, 0.2) is 77.7 Å². The van der Waals surface area contributed by atoms with Crippen LogP contribution in [0.3, 0.4) is 0 Å². The minimum atomic E-state index is -3.96. The van der Waals surface area contributed by atoms with Gasteiger partial charge in [0.1, 0.15) is 0 Å². The number of primary amides is 1. The Labute approximate surface area is 172 Å². The van der Waals surface area contributed by atoms with Crippen molar-refractivity contribution in [1.29, 1.82) is 0 Å². The van der Waals surface area contributed by atoms with E-state index < -0.39 is 21.8 Å². The lowest BCUT2D eigenvalue weighted by atomic mass is 10.1. The summed E-state index contributed by atoms with van der Waals surface area (Å²) in [6.45, 7) is 0. The zero-order chi connectivity index (χ0) is 21.0. The zero-order valence-corrected chi connectivity index (χ0v) is 16.5. The van der Waals surface area contributed by atoms with Crippen LogP contribution in [0.2, 0.25) is 5.02 Å². The van der Waals surface area contributed by atoms with E-state index in [0.29, 0.717) is 5.69 Å². The van der Waals surface area contributed by atoms with Crippen LogP contribution in [0.4, 0.5) is 11.4 Å². The summed E-state index contributed by atoms with van der Waals surface area (Å²) in [5.41, 5.74) is 6.18. The van der Waals surface area contributed by atoms with Crippen LogP contribution in [-0.4, -0.2) is 20.2 Å². The van der Waals surface area contributed by atoms with Crippen LogP contribution in [0, 0.1) is 0 Å². The summed E-state index contributed by atoms with van der Waals surface area (Å²) in [7, 11) is -3.96. The molecule has 9 heteroatoms. The Morgan fingerprint density at radius 3 is 2.28 bits per heavy atom. The van der Waals surface area contributed by atoms with Gasteiger partial charge in [-0.2, -0.15) is 0 Å². The smallest absolute Gasteiger partial charge is 0.261 e. The van der Waals surface area contributed by atoms with Crippen LogP contribution in [0.5, 0.6) is 0 Å². The molecule has 3 rings (SSSR count). The van der Waals surface area contributed by atoms with Crippen molar-refractivity contribution in [2.75, 3.05) is 10.0 Å². The number of nitrogens with one attached hydrogen (secondary N) is 2. The molecule has 0 spiro atoms. The van der Waals surface area contributed by atoms with Gasteiger partial charge in [0.25, 0.3) is 15.9 Å². The Morgan fingerprint density at radius 2 is 1.55 bits per heavy atom. The van der Waals surface area contributed by atoms with E-state index in [2.05, 4.69) is 10.0 Å². The fourth-order valence-corrected chi connectivity index (χ4v) is 3.87. The van der Waals surface area contributed by atoms with Gasteiger partial charge in [0, 0.05) is 16.8 Å². The van der Waals surface area contributed by atoms with E-state index >= 15 is 0 Å². The summed E-state index contributed by atoms with van der Waals surface area (Å²) in [4.78, 5) is 23.7. The molecule has 0 atom stereocenters. The summed E-state index contributed by atoms with van der Waals surface area (Å²) in [5.74, 6) is -1.17. The van der Waals surface area contributed by atoms with Gasteiger partial charge < -0.3 is 11.1 Å². The van der Waals surface area contributed by atoms with Gasteiger partial charge in [-0.1, -0.05) is 35.9 Å². The number of hydrogen-bond donors (Lipinski definition) is 3. The maximum atomic E-state index is 12.7. The van der Waals surface area contributed by atoms with Crippen molar-refractivity contribution in [2.45, 2.75) is 4.90 Å². The van der Waals surface area contributed by atoms with Gasteiger partial charge in [-0.05, 0) is 48.5 Å². The number of amides is 2. The standard InChI is InChI=1S/C20H16ClN3O4S/c21-17-9-1-2-10-18(17)24-29(27,28)16-8-4-6-14(12-16)20(26)23-15-7-3-5-13(11-15)19(22)25/h1-12,24H,(H2,22,25)(H,23,26). The molecule has 2 amide bonds. The van der Waals surface area contributed by atoms with Crippen molar-refractivity contribution >= 4 is 44.8 Å². The van der Waals surface area contributed by atoms with E-state index in [4.69, 9.17) is 17.3 Å². The molecular weight excluding hydrogens is 414 g/mol. The first kappa shape index (κ1) is 20.4. The highest BCUT2D eigenvalue weighted by atomic mass is 35.5. The maximum absolute atomic E-state index is 12.7. The average molecular weight is 430 g/mol. The second-order valence-electron chi connectivity index (χ2n) is 6.01. The molecule has 0 heterocycles. The molecule has 29 heavy (non-hydrogen) atoms. The predicted octanol–water partition coefficient (Wildman–Crippen LogP) is 3.49. The minimum Gasteiger partial charge on any atom is -0.366 e. The van der Waals surface area contributed by atoms with Gasteiger partial charge in [0.15, 0.2) is 0 Å². The van der Waals surface area contributed by atoms with Gasteiger partial charge in [0.2, 0.25) is 5.91 Å². The maximum Gasteiger partial charge on any atom is 0.261 e. The number of halogens is 1. The van der Waals surface area contributed by atoms with E-state index in [1.807, 2.05) is 0 Å². The molecule has 0 aliphatic heterocycles. The quantitative estimate of drug-likeness (QED) is 0.555. The highest BCUT2D eigenvalue weighted by molar-refractivity contribution is 7.92. The summed E-state index contributed by atoms with van der Waals surface area (Å²) in [6.07, 6.45) is 0. The lowest BCUT2D eigenvalue weighted by Gasteiger charge is -2.11. The molecule has 0 aliphatic rings. The SMILES string of the molecule is NC(=O)c1cccc(NC(=O)c2cccc(S(=O)(=O)Nc3ccccc3Cl)c2)c1. The average Bonchev–Trinajstić information content (AvgIpc) is 2.70. The van der Waals surface area contributed by atoms with Crippen molar-refractivity contribution in [3.8, 4) is 0 Å². The largest absolute Gasteiger partial charge is 0.366 e. The first-order chi connectivity index (χ1) is 13.8. The zero-order valence-electron chi connectivity index (χ0n) is 14.9. The number of para-hydroxylation sites is 1. The molecule has 0 radical (unpaired) electrons. The van der Waals surface area contributed by atoms with Crippen LogP contribution in [0.25, 0.3) is 0 Å². The summed E-state index contributed by atoms with van der Waals surface area (Å²) >= 11 is 6.00. The minimum absolute atomic E-state index is 0.101. The Hall–Kier alpha value is -3.36. The van der Waals surface area contributed by atoms with Gasteiger partial charge in [-0.25, -0.2) is 8.42 Å². The number of anilines is 2. The Bertz CT molecular complexity index is 1200. The predicted molar refractivity (Wildman–Crippen MR) is 112 cm³/mol. The molecule has 0 aromatic heterocycles. The summed E-state index contributed by atoms with van der Waals surface area (Å²) < 4.78 is 27.7. The van der Waals surface area contributed by atoms with Gasteiger partial charge >= 0.3 is 0 Å².